The zero-order valence-corrected chi connectivity index (χ0v) is 23.2. The molecule has 0 saturated carbocycles. The van der Waals surface area contributed by atoms with E-state index in [4.69, 9.17) is 25.8 Å². The Bertz CT molecular complexity index is 1500. The molecule has 2 aliphatic heterocycles. The quantitative estimate of drug-likeness (QED) is 0.232. The van der Waals surface area contributed by atoms with Crippen molar-refractivity contribution in [3.63, 3.8) is 0 Å². The average molecular weight is 544 g/mol. The molecule has 0 bridgehead atoms. The molecular formula is C32H30ClNO5. The summed E-state index contributed by atoms with van der Waals surface area (Å²) in [4.78, 5) is 25.2. The van der Waals surface area contributed by atoms with Crippen LogP contribution in [0.2, 0.25) is 5.02 Å². The van der Waals surface area contributed by atoms with Gasteiger partial charge in [-0.15, -0.1) is 0 Å². The van der Waals surface area contributed by atoms with Crippen molar-refractivity contribution in [2.24, 2.45) is 5.92 Å². The molecule has 3 aromatic rings. The fraction of sp³-hybridized carbons (Fsp3) is 0.344. The van der Waals surface area contributed by atoms with E-state index < -0.39 is 0 Å². The third-order valence-corrected chi connectivity index (χ3v) is 7.49. The van der Waals surface area contributed by atoms with Gasteiger partial charge in [-0.05, 0) is 82.3 Å². The van der Waals surface area contributed by atoms with Crippen molar-refractivity contribution in [2.75, 3.05) is 0 Å². The summed E-state index contributed by atoms with van der Waals surface area (Å²) in [6.07, 6.45) is 2.05. The smallest absolute Gasteiger partial charge is 0.338 e. The topological polar surface area (TPSA) is 85.6 Å². The molecule has 3 aromatic carbocycles. The molecule has 0 amide bonds. The summed E-state index contributed by atoms with van der Waals surface area (Å²) in [7, 11) is 0. The molecule has 0 radical (unpaired) electrons. The molecule has 0 spiro atoms. The van der Waals surface area contributed by atoms with Gasteiger partial charge < -0.3 is 14.2 Å². The number of hydrogen-bond acceptors (Lipinski definition) is 6. The number of halogens is 1. The Morgan fingerprint density at radius 1 is 1.03 bits per heavy atom. The van der Waals surface area contributed by atoms with Crippen molar-refractivity contribution in [3.8, 4) is 28.7 Å². The maximum atomic E-state index is 13.1. The first-order chi connectivity index (χ1) is 18.4. The molecular weight excluding hydrogens is 514 g/mol. The standard InChI is InChI=1S/C32H30ClNO5/c1-31(2)15-19(16-32(3,4)39-31)12-27(35)21-10-11-29(26(33)14-21)38-28-7-5-6-23(25(28)17-34)20-8-9-22-18-37-30(36)24(22)13-20/h5-11,13-14,19H,12,15-16,18H2,1-4H3. The Hall–Kier alpha value is -3.66. The van der Waals surface area contributed by atoms with Crippen LogP contribution in [0.3, 0.4) is 0 Å². The zero-order valence-electron chi connectivity index (χ0n) is 22.5. The summed E-state index contributed by atoms with van der Waals surface area (Å²) in [6.45, 7) is 8.52. The van der Waals surface area contributed by atoms with Crippen LogP contribution in [0.15, 0.2) is 54.6 Å². The van der Waals surface area contributed by atoms with Gasteiger partial charge in [0.05, 0.1) is 21.8 Å². The number of esters is 1. The van der Waals surface area contributed by atoms with Gasteiger partial charge >= 0.3 is 5.97 Å². The molecule has 0 aliphatic carbocycles. The second-order valence-electron chi connectivity index (χ2n) is 11.5. The maximum absolute atomic E-state index is 13.1. The van der Waals surface area contributed by atoms with E-state index in [0.717, 1.165) is 18.4 Å². The summed E-state index contributed by atoms with van der Waals surface area (Å²) in [5.74, 6) is 0.534. The van der Waals surface area contributed by atoms with Crippen LogP contribution in [0.4, 0.5) is 0 Å². The normalized spacial score (nSPS) is 17.7. The highest BCUT2D eigenvalue weighted by Crippen LogP contribution is 2.41. The van der Waals surface area contributed by atoms with Crippen LogP contribution in [0.5, 0.6) is 11.5 Å². The first-order valence-electron chi connectivity index (χ1n) is 13.0. The number of fused-ring (bicyclic) bond motifs is 1. The molecule has 39 heavy (non-hydrogen) atoms. The number of benzene rings is 3. The van der Waals surface area contributed by atoms with E-state index in [1.165, 1.54) is 0 Å². The fourth-order valence-corrected chi connectivity index (χ4v) is 6.17. The number of rotatable bonds is 6. The highest BCUT2D eigenvalue weighted by atomic mass is 35.5. The van der Waals surface area contributed by atoms with Crippen LogP contribution >= 0.6 is 11.6 Å². The average Bonchev–Trinajstić information content (AvgIpc) is 3.23. The van der Waals surface area contributed by atoms with Crippen LogP contribution < -0.4 is 4.74 Å². The van der Waals surface area contributed by atoms with Crippen molar-refractivity contribution in [1.82, 2.24) is 0 Å². The molecule has 0 atom stereocenters. The third kappa shape index (κ3) is 5.71. The minimum absolute atomic E-state index is 0.0248. The fourth-order valence-electron chi connectivity index (χ4n) is 5.95. The molecule has 0 aromatic heterocycles. The largest absolute Gasteiger partial charge is 0.457 e. The van der Waals surface area contributed by atoms with Crippen LogP contribution in [-0.4, -0.2) is 23.0 Å². The zero-order chi connectivity index (χ0) is 27.9. The predicted molar refractivity (Wildman–Crippen MR) is 148 cm³/mol. The van der Waals surface area contributed by atoms with Gasteiger partial charge in [0, 0.05) is 23.1 Å². The van der Waals surface area contributed by atoms with E-state index in [2.05, 4.69) is 33.8 Å². The summed E-state index contributed by atoms with van der Waals surface area (Å²) in [5, 5.41) is 10.3. The SMILES string of the molecule is CC1(C)CC(CC(=O)c2ccc(Oc3cccc(-c4ccc5c(c4)C(=O)OC5)c3C#N)c(Cl)c2)CC(C)(C)O1. The lowest BCUT2D eigenvalue weighted by atomic mass is 9.78. The summed E-state index contributed by atoms with van der Waals surface area (Å²) >= 11 is 6.56. The lowest BCUT2D eigenvalue weighted by molar-refractivity contribution is -0.171. The molecule has 1 saturated heterocycles. The number of Topliss-reactive ketones (excluding diaryl/α,β-unsaturated/α-hetero) is 1. The summed E-state index contributed by atoms with van der Waals surface area (Å²) in [6, 6.07) is 17.9. The van der Waals surface area contributed by atoms with E-state index >= 15 is 0 Å². The number of ketones is 1. The van der Waals surface area contributed by atoms with Crippen LogP contribution in [0, 0.1) is 17.2 Å². The van der Waals surface area contributed by atoms with Gasteiger partial charge in [-0.2, -0.15) is 5.26 Å². The first-order valence-corrected chi connectivity index (χ1v) is 13.4. The third-order valence-electron chi connectivity index (χ3n) is 7.20. The Balaban J connectivity index is 1.36. The first kappa shape index (κ1) is 26.9. The van der Waals surface area contributed by atoms with Crippen molar-refractivity contribution in [1.29, 1.82) is 5.26 Å². The van der Waals surface area contributed by atoms with Crippen molar-refractivity contribution < 1.29 is 23.8 Å². The van der Waals surface area contributed by atoms with Gasteiger partial charge in [0.1, 0.15) is 29.7 Å². The Morgan fingerprint density at radius 3 is 2.46 bits per heavy atom. The van der Waals surface area contributed by atoms with Crippen LogP contribution in [0.25, 0.3) is 11.1 Å². The number of nitrogens with zero attached hydrogens (tertiary/aromatic N) is 1. The monoisotopic (exact) mass is 543 g/mol. The number of ether oxygens (including phenoxy) is 3. The molecule has 6 nitrogen and oxygen atoms in total. The van der Waals surface area contributed by atoms with Gasteiger partial charge in [0.25, 0.3) is 0 Å². The number of nitriles is 1. The van der Waals surface area contributed by atoms with E-state index in [1.807, 2.05) is 12.1 Å². The lowest BCUT2D eigenvalue weighted by Gasteiger charge is -2.45. The second kappa shape index (κ2) is 10.1. The Kier molecular flexibility index (Phi) is 7.00. The Labute approximate surface area is 233 Å². The van der Waals surface area contributed by atoms with Crippen LogP contribution in [0.1, 0.15) is 78.8 Å². The van der Waals surface area contributed by atoms with E-state index in [1.54, 1.807) is 42.5 Å². The van der Waals surface area contributed by atoms with Crippen LogP contribution in [-0.2, 0) is 16.1 Å². The van der Waals surface area contributed by atoms with Gasteiger partial charge in [-0.1, -0.05) is 35.9 Å². The summed E-state index contributed by atoms with van der Waals surface area (Å²) in [5.41, 5.74) is 2.93. The molecule has 2 aliphatic rings. The van der Waals surface area contributed by atoms with Gasteiger partial charge in [-0.25, -0.2) is 4.79 Å². The van der Waals surface area contributed by atoms with Crippen molar-refractivity contribution in [2.45, 2.75) is 64.8 Å². The minimum atomic E-state index is -0.372. The number of carbonyl (C=O) groups is 2. The van der Waals surface area contributed by atoms with Crippen molar-refractivity contribution >= 4 is 23.4 Å². The molecule has 200 valence electrons. The van der Waals surface area contributed by atoms with E-state index in [-0.39, 0.29) is 40.5 Å². The van der Waals surface area contributed by atoms with Crippen molar-refractivity contribution in [3.05, 3.63) is 81.9 Å². The van der Waals surface area contributed by atoms with Gasteiger partial charge in [0.2, 0.25) is 0 Å². The summed E-state index contributed by atoms with van der Waals surface area (Å²) < 4.78 is 17.3. The highest BCUT2D eigenvalue weighted by Gasteiger charge is 2.39. The maximum Gasteiger partial charge on any atom is 0.338 e. The molecule has 7 heteroatoms. The van der Waals surface area contributed by atoms with E-state index in [0.29, 0.717) is 45.7 Å². The number of carbonyl (C=O) groups excluding carboxylic acids is 2. The predicted octanol–water partition coefficient (Wildman–Crippen LogP) is 7.90. The number of cyclic esters (lactones) is 1. The second-order valence-corrected chi connectivity index (χ2v) is 11.9. The Morgan fingerprint density at radius 2 is 1.77 bits per heavy atom. The molecule has 0 unspecified atom stereocenters. The van der Waals surface area contributed by atoms with Gasteiger partial charge in [-0.3, -0.25) is 4.79 Å². The number of hydrogen-bond donors (Lipinski definition) is 0. The minimum Gasteiger partial charge on any atom is -0.457 e. The molecule has 1 fully saturated rings. The lowest BCUT2D eigenvalue weighted by Crippen LogP contribution is -2.45. The molecule has 0 N–H and O–H groups in total. The molecule has 2 heterocycles. The highest BCUT2D eigenvalue weighted by molar-refractivity contribution is 6.32. The van der Waals surface area contributed by atoms with Gasteiger partial charge in [0.15, 0.2) is 5.78 Å². The molecule has 5 rings (SSSR count). The van der Waals surface area contributed by atoms with E-state index in [9.17, 15) is 14.9 Å².